The van der Waals surface area contributed by atoms with E-state index in [0.29, 0.717) is 6.04 Å². The van der Waals surface area contributed by atoms with Crippen molar-refractivity contribution < 1.29 is 0 Å². The van der Waals surface area contributed by atoms with Gasteiger partial charge in [-0.05, 0) is 52.1 Å². The third-order valence-electron chi connectivity index (χ3n) is 4.57. The number of nitrogens with zero attached hydrogens (tertiary/aromatic N) is 1. The molecule has 0 amide bonds. The summed E-state index contributed by atoms with van der Waals surface area (Å²) in [7, 11) is 4.42. The van der Waals surface area contributed by atoms with Gasteiger partial charge in [-0.25, -0.2) is 0 Å². The maximum atomic E-state index is 3.45. The molecule has 0 spiro atoms. The Kier molecular flexibility index (Phi) is 7.14. The fourth-order valence-electron chi connectivity index (χ4n) is 3.17. The summed E-state index contributed by atoms with van der Waals surface area (Å²) in [5, 5.41) is 3.45. The Morgan fingerprint density at radius 2 is 1.82 bits per heavy atom. The molecule has 102 valence electrons. The van der Waals surface area contributed by atoms with Gasteiger partial charge in [0.05, 0.1) is 0 Å². The van der Waals surface area contributed by atoms with Crippen LogP contribution in [0.2, 0.25) is 0 Å². The van der Waals surface area contributed by atoms with Gasteiger partial charge in [-0.2, -0.15) is 0 Å². The molecule has 1 rings (SSSR count). The Hall–Kier alpha value is -0.0800. The maximum absolute atomic E-state index is 3.45. The predicted molar refractivity (Wildman–Crippen MR) is 76.4 cm³/mol. The molecule has 0 saturated heterocycles. The van der Waals surface area contributed by atoms with Crippen molar-refractivity contribution in [3.8, 4) is 0 Å². The summed E-state index contributed by atoms with van der Waals surface area (Å²) in [6, 6.07) is 1.51. The molecule has 0 aromatic rings. The van der Waals surface area contributed by atoms with Crippen molar-refractivity contribution in [2.45, 2.75) is 70.9 Å². The molecule has 2 nitrogen and oxygen atoms in total. The molecular weight excluding hydrogens is 208 g/mol. The molecule has 1 N–H and O–H groups in total. The average Bonchev–Trinajstić information content (AvgIpc) is 2.38. The van der Waals surface area contributed by atoms with Gasteiger partial charge in [0.2, 0.25) is 0 Å². The van der Waals surface area contributed by atoms with Crippen LogP contribution in [0, 0.1) is 5.92 Å². The lowest BCUT2D eigenvalue weighted by Gasteiger charge is -2.36. The zero-order valence-corrected chi connectivity index (χ0v) is 12.3. The Labute approximate surface area is 108 Å². The van der Waals surface area contributed by atoms with Crippen LogP contribution in [-0.2, 0) is 0 Å². The number of hydrogen-bond donors (Lipinski definition) is 1. The van der Waals surface area contributed by atoms with Crippen LogP contribution in [0.1, 0.15) is 58.8 Å². The first-order valence-corrected chi connectivity index (χ1v) is 7.58. The summed E-state index contributed by atoms with van der Waals surface area (Å²) in [5.41, 5.74) is 0. The lowest BCUT2D eigenvalue weighted by molar-refractivity contribution is 0.150. The first-order chi connectivity index (χ1) is 8.21. The molecule has 17 heavy (non-hydrogen) atoms. The fourth-order valence-corrected chi connectivity index (χ4v) is 3.17. The highest BCUT2D eigenvalue weighted by molar-refractivity contribution is 4.80. The van der Waals surface area contributed by atoms with Gasteiger partial charge in [0, 0.05) is 18.6 Å². The lowest BCUT2D eigenvalue weighted by Crippen LogP contribution is -2.43. The van der Waals surface area contributed by atoms with Crippen LogP contribution in [-0.4, -0.2) is 37.6 Å². The molecule has 0 aromatic carbocycles. The molecule has 0 aliphatic heterocycles. The van der Waals surface area contributed by atoms with E-state index in [2.05, 4.69) is 38.2 Å². The Bertz CT molecular complexity index is 185. The number of likely N-dealkylation sites (N-methyl/N-ethyl adjacent to an activating group) is 2. The molecule has 1 atom stereocenters. The largest absolute Gasteiger partial charge is 0.316 e. The number of nitrogens with one attached hydrogen (secondary N) is 1. The van der Waals surface area contributed by atoms with Crippen LogP contribution < -0.4 is 5.32 Å². The van der Waals surface area contributed by atoms with Crippen LogP contribution in [0.5, 0.6) is 0 Å². The second-order valence-electron chi connectivity index (χ2n) is 5.80. The minimum Gasteiger partial charge on any atom is -0.316 e. The van der Waals surface area contributed by atoms with Crippen molar-refractivity contribution >= 4 is 0 Å². The van der Waals surface area contributed by atoms with Gasteiger partial charge in [0.25, 0.3) is 0 Å². The second-order valence-corrected chi connectivity index (χ2v) is 5.80. The summed E-state index contributed by atoms with van der Waals surface area (Å²) in [4.78, 5) is 2.60. The van der Waals surface area contributed by atoms with E-state index in [4.69, 9.17) is 0 Å². The van der Waals surface area contributed by atoms with E-state index in [1.165, 1.54) is 51.5 Å². The van der Waals surface area contributed by atoms with Crippen LogP contribution >= 0.6 is 0 Å². The Morgan fingerprint density at radius 3 is 2.29 bits per heavy atom. The van der Waals surface area contributed by atoms with Gasteiger partial charge in [-0.15, -0.1) is 0 Å². The summed E-state index contributed by atoms with van der Waals surface area (Å²) in [6.07, 6.45) is 9.68. The van der Waals surface area contributed by atoms with Gasteiger partial charge < -0.3 is 10.2 Å². The molecule has 1 unspecified atom stereocenters. The summed E-state index contributed by atoms with van der Waals surface area (Å²) in [6.45, 7) is 5.83. The Morgan fingerprint density at radius 1 is 1.18 bits per heavy atom. The van der Waals surface area contributed by atoms with Crippen molar-refractivity contribution in [3.63, 3.8) is 0 Å². The van der Waals surface area contributed by atoms with Crippen molar-refractivity contribution in [1.82, 2.24) is 10.2 Å². The fraction of sp³-hybridized carbons (Fsp3) is 1.00. The van der Waals surface area contributed by atoms with E-state index < -0.39 is 0 Å². The molecule has 1 fully saturated rings. The van der Waals surface area contributed by atoms with Gasteiger partial charge in [0.15, 0.2) is 0 Å². The molecule has 0 aromatic heterocycles. The van der Waals surface area contributed by atoms with Crippen LogP contribution in [0.15, 0.2) is 0 Å². The lowest BCUT2D eigenvalue weighted by atomic mass is 9.84. The minimum atomic E-state index is 0.675. The van der Waals surface area contributed by atoms with Crippen LogP contribution in [0.25, 0.3) is 0 Å². The highest BCUT2D eigenvalue weighted by Crippen LogP contribution is 2.28. The normalized spacial score (nSPS) is 27.4. The smallest absolute Gasteiger partial charge is 0.0191 e. The van der Waals surface area contributed by atoms with Crippen molar-refractivity contribution in [2.75, 3.05) is 20.6 Å². The van der Waals surface area contributed by atoms with Gasteiger partial charge in [-0.1, -0.05) is 26.7 Å². The average molecular weight is 240 g/mol. The highest BCUT2D eigenvalue weighted by Gasteiger charge is 2.23. The van der Waals surface area contributed by atoms with Gasteiger partial charge in [-0.3, -0.25) is 0 Å². The van der Waals surface area contributed by atoms with Crippen molar-refractivity contribution in [2.24, 2.45) is 5.92 Å². The number of hydrogen-bond acceptors (Lipinski definition) is 2. The molecule has 1 saturated carbocycles. The zero-order chi connectivity index (χ0) is 12.7. The van der Waals surface area contributed by atoms with Crippen molar-refractivity contribution in [3.05, 3.63) is 0 Å². The summed E-state index contributed by atoms with van der Waals surface area (Å²) < 4.78 is 0. The number of rotatable bonds is 7. The van der Waals surface area contributed by atoms with Crippen LogP contribution in [0.4, 0.5) is 0 Å². The van der Waals surface area contributed by atoms with E-state index in [-0.39, 0.29) is 0 Å². The molecule has 0 heterocycles. The summed E-state index contributed by atoms with van der Waals surface area (Å²) >= 11 is 0. The molecule has 1 aliphatic carbocycles. The molecule has 2 heteroatoms. The topological polar surface area (TPSA) is 15.3 Å². The molecule has 1 aliphatic rings. The third kappa shape index (κ3) is 4.97. The third-order valence-corrected chi connectivity index (χ3v) is 4.57. The van der Waals surface area contributed by atoms with E-state index in [1.54, 1.807) is 0 Å². The quantitative estimate of drug-likeness (QED) is 0.735. The zero-order valence-electron chi connectivity index (χ0n) is 12.3. The first kappa shape index (κ1) is 15.0. The SMILES string of the molecule is CCCC(CN(C)C1CCC(CC)CC1)NC. The minimum absolute atomic E-state index is 0.675. The standard InChI is InChI=1S/C15H32N2/c1-5-7-14(16-3)12-17(4)15-10-8-13(6-2)9-11-15/h13-16H,5-12H2,1-4H3. The van der Waals surface area contributed by atoms with Gasteiger partial charge >= 0.3 is 0 Å². The Balaban J connectivity index is 2.30. The molecule has 0 bridgehead atoms. The molecular formula is C15H32N2. The molecule has 0 radical (unpaired) electrons. The highest BCUT2D eigenvalue weighted by atomic mass is 15.1. The van der Waals surface area contributed by atoms with E-state index in [0.717, 1.165) is 12.0 Å². The van der Waals surface area contributed by atoms with Crippen molar-refractivity contribution in [1.29, 1.82) is 0 Å². The van der Waals surface area contributed by atoms with Gasteiger partial charge in [0.1, 0.15) is 0 Å². The van der Waals surface area contributed by atoms with E-state index in [9.17, 15) is 0 Å². The first-order valence-electron chi connectivity index (χ1n) is 7.58. The van der Waals surface area contributed by atoms with E-state index >= 15 is 0 Å². The summed E-state index contributed by atoms with van der Waals surface area (Å²) in [5.74, 6) is 1.01. The predicted octanol–water partition coefficient (Wildman–Crippen LogP) is 3.28. The van der Waals surface area contributed by atoms with Crippen LogP contribution in [0.3, 0.4) is 0 Å². The maximum Gasteiger partial charge on any atom is 0.0191 e. The second kappa shape index (κ2) is 8.10. The monoisotopic (exact) mass is 240 g/mol. The van der Waals surface area contributed by atoms with E-state index in [1.807, 2.05) is 0 Å².